The number of rotatable bonds is 6. The molecular weight excluding hydrogens is 226 g/mol. The number of amides is 1. The molecule has 1 aliphatic rings. The van der Waals surface area contributed by atoms with Gasteiger partial charge in [0, 0.05) is 12.6 Å². The summed E-state index contributed by atoms with van der Waals surface area (Å²) in [5.41, 5.74) is 0. The van der Waals surface area contributed by atoms with E-state index in [0.29, 0.717) is 18.5 Å². The maximum atomic E-state index is 11.7. The molecule has 1 aliphatic heterocycles. The van der Waals surface area contributed by atoms with Crippen LogP contribution in [0, 0.1) is 11.8 Å². The first-order valence-corrected chi connectivity index (χ1v) is 7.19. The third-order valence-electron chi connectivity index (χ3n) is 3.87. The number of carbonyl (C=O) groups is 1. The minimum Gasteiger partial charge on any atom is -0.355 e. The number of nitrogens with one attached hydrogen (secondary N) is 2. The van der Waals surface area contributed by atoms with E-state index in [9.17, 15) is 4.79 Å². The van der Waals surface area contributed by atoms with Gasteiger partial charge in [0.15, 0.2) is 0 Å². The highest BCUT2D eigenvalue weighted by atomic mass is 16.2. The minimum absolute atomic E-state index is 0.170. The van der Waals surface area contributed by atoms with Crippen LogP contribution in [0.5, 0.6) is 0 Å². The van der Waals surface area contributed by atoms with Gasteiger partial charge in [0.05, 0.1) is 6.54 Å². The zero-order valence-electron chi connectivity index (χ0n) is 12.3. The Balaban J connectivity index is 2.21. The van der Waals surface area contributed by atoms with E-state index in [-0.39, 0.29) is 5.91 Å². The van der Waals surface area contributed by atoms with Gasteiger partial charge in [-0.15, -0.1) is 0 Å². The van der Waals surface area contributed by atoms with Gasteiger partial charge in [-0.3, -0.25) is 9.69 Å². The molecule has 1 amide bonds. The van der Waals surface area contributed by atoms with Crippen LogP contribution in [-0.4, -0.2) is 50.1 Å². The van der Waals surface area contributed by atoms with Crippen molar-refractivity contribution in [1.82, 2.24) is 15.5 Å². The predicted molar refractivity (Wildman–Crippen MR) is 75.5 cm³/mol. The number of likely N-dealkylation sites (tertiary alicyclic amines) is 1. The summed E-state index contributed by atoms with van der Waals surface area (Å²) >= 11 is 0. The molecule has 0 saturated carbocycles. The first kappa shape index (κ1) is 15.4. The molecule has 0 aliphatic carbocycles. The molecule has 0 spiro atoms. The zero-order valence-corrected chi connectivity index (χ0v) is 12.3. The average Bonchev–Trinajstić information content (AvgIpc) is 2.36. The number of nitrogens with zero attached hydrogens (tertiary/aromatic N) is 1. The Morgan fingerprint density at radius 3 is 2.39 bits per heavy atom. The van der Waals surface area contributed by atoms with E-state index in [4.69, 9.17) is 0 Å². The lowest BCUT2D eigenvalue weighted by Gasteiger charge is -2.34. The number of hydrogen-bond acceptors (Lipinski definition) is 3. The van der Waals surface area contributed by atoms with E-state index >= 15 is 0 Å². The lowest BCUT2D eigenvalue weighted by molar-refractivity contribution is -0.122. The molecule has 1 rings (SSSR count). The summed E-state index contributed by atoms with van der Waals surface area (Å²) in [4.78, 5) is 14.0. The highest BCUT2D eigenvalue weighted by molar-refractivity contribution is 5.78. The van der Waals surface area contributed by atoms with E-state index in [2.05, 4.69) is 36.3 Å². The molecule has 1 fully saturated rings. The Morgan fingerprint density at radius 2 is 1.89 bits per heavy atom. The van der Waals surface area contributed by atoms with Crippen LogP contribution < -0.4 is 10.6 Å². The number of piperidine rings is 1. The summed E-state index contributed by atoms with van der Waals surface area (Å²) in [6.45, 7) is 9.92. The van der Waals surface area contributed by atoms with Gasteiger partial charge in [0.1, 0.15) is 0 Å². The van der Waals surface area contributed by atoms with Crippen molar-refractivity contribution in [1.29, 1.82) is 0 Å². The second-order valence-corrected chi connectivity index (χ2v) is 5.89. The van der Waals surface area contributed by atoms with E-state index < -0.39 is 0 Å². The van der Waals surface area contributed by atoms with E-state index in [1.165, 1.54) is 12.8 Å². The largest absolute Gasteiger partial charge is 0.355 e. The van der Waals surface area contributed by atoms with Crippen LogP contribution in [0.4, 0.5) is 0 Å². The van der Waals surface area contributed by atoms with E-state index in [1.54, 1.807) is 0 Å². The lowest BCUT2D eigenvalue weighted by Crippen LogP contribution is -2.45. The van der Waals surface area contributed by atoms with Crippen molar-refractivity contribution in [2.45, 2.75) is 39.7 Å². The summed E-state index contributed by atoms with van der Waals surface area (Å²) in [6, 6.07) is 0.585. The van der Waals surface area contributed by atoms with Gasteiger partial charge in [0.2, 0.25) is 5.91 Å². The lowest BCUT2D eigenvalue weighted by atomic mass is 9.90. The molecule has 0 bridgehead atoms. The van der Waals surface area contributed by atoms with Gasteiger partial charge in [-0.05, 0) is 51.7 Å². The topological polar surface area (TPSA) is 44.4 Å². The average molecular weight is 255 g/mol. The molecule has 4 heteroatoms. The molecule has 18 heavy (non-hydrogen) atoms. The summed E-state index contributed by atoms with van der Waals surface area (Å²) in [7, 11) is 2.02. The predicted octanol–water partition coefficient (Wildman–Crippen LogP) is 1.08. The molecular formula is C14H29N3O. The van der Waals surface area contributed by atoms with Crippen molar-refractivity contribution in [3.05, 3.63) is 0 Å². The maximum Gasteiger partial charge on any atom is 0.234 e. The van der Waals surface area contributed by atoms with Crippen LogP contribution in [0.2, 0.25) is 0 Å². The van der Waals surface area contributed by atoms with Gasteiger partial charge >= 0.3 is 0 Å². The van der Waals surface area contributed by atoms with Crippen LogP contribution in [0.25, 0.3) is 0 Å². The Kier molecular flexibility index (Phi) is 6.65. The summed E-state index contributed by atoms with van der Waals surface area (Å²) < 4.78 is 0. The van der Waals surface area contributed by atoms with E-state index in [1.807, 2.05) is 7.05 Å². The quantitative estimate of drug-likeness (QED) is 0.746. The molecule has 0 aromatic heterocycles. The fraction of sp³-hybridized carbons (Fsp3) is 0.929. The maximum absolute atomic E-state index is 11.7. The molecule has 1 atom stereocenters. The van der Waals surface area contributed by atoms with Crippen molar-refractivity contribution >= 4 is 5.91 Å². The van der Waals surface area contributed by atoms with Crippen molar-refractivity contribution in [3.63, 3.8) is 0 Å². The minimum atomic E-state index is 0.170. The molecule has 0 aromatic carbocycles. The second kappa shape index (κ2) is 7.74. The summed E-state index contributed by atoms with van der Waals surface area (Å²) in [6.07, 6.45) is 2.39. The van der Waals surface area contributed by atoms with Crippen LogP contribution in [0.3, 0.4) is 0 Å². The van der Waals surface area contributed by atoms with Crippen molar-refractivity contribution in [3.8, 4) is 0 Å². The first-order chi connectivity index (χ1) is 8.52. The highest BCUT2D eigenvalue weighted by Gasteiger charge is 2.23. The molecule has 106 valence electrons. The molecule has 2 N–H and O–H groups in total. The molecule has 0 aromatic rings. The van der Waals surface area contributed by atoms with Crippen LogP contribution >= 0.6 is 0 Å². The molecule has 4 nitrogen and oxygen atoms in total. The smallest absolute Gasteiger partial charge is 0.234 e. The van der Waals surface area contributed by atoms with Gasteiger partial charge in [-0.25, -0.2) is 0 Å². The molecule has 1 heterocycles. The third kappa shape index (κ3) is 5.36. The van der Waals surface area contributed by atoms with Gasteiger partial charge < -0.3 is 10.6 Å². The Labute approximate surface area is 111 Å². The number of carbonyl (C=O) groups excluding carboxylic acids is 1. The van der Waals surface area contributed by atoms with Gasteiger partial charge in [-0.1, -0.05) is 13.8 Å². The molecule has 0 radical (unpaired) electrons. The molecule has 1 unspecified atom stereocenters. The highest BCUT2D eigenvalue weighted by Crippen LogP contribution is 2.19. The Morgan fingerprint density at radius 1 is 1.28 bits per heavy atom. The monoisotopic (exact) mass is 255 g/mol. The zero-order chi connectivity index (χ0) is 13.5. The van der Waals surface area contributed by atoms with Gasteiger partial charge in [-0.2, -0.15) is 0 Å². The first-order valence-electron chi connectivity index (χ1n) is 7.19. The molecule has 1 saturated heterocycles. The van der Waals surface area contributed by atoms with Gasteiger partial charge in [0.25, 0.3) is 0 Å². The number of hydrogen-bond donors (Lipinski definition) is 2. The Hall–Kier alpha value is -0.610. The van der Waals surface area contributed by atoms with Crippen LogP contribution in [-0.2, 0) is 4.79 Å². The normalized spacial score (nSPS) is 20.1. The SMILES string of the molecule is CNC(C)C1CCN(CC(=O)NCC(C)C)CC1. The third-order valence-corrected chi connectivity index (χ3v) is 3.87. The summed E-state index contributed by atoms with van der Waals surface area (Å²) in [5.74, 6) is 1.45. The second-order valence-electron chi connectivity index (χ2n) is 5.89. The standard InChI is InChI=1S/C14H29N3O/c1-11(2)9-16-14(18)10-17-7-5-13(6-8-17)12(3)15-4/h11-13,15H,5-10H2,1-4H3,(H,16,18). The van der Waals surface area contributed by atoms with Crippen molar-refractivity contribution in [2.75, 3.05) is 33.2 Å². The fourth-order valence-corrected chi connectivity index (χ4v) is 2.42. The fourth-order valence-electron chi connectivity index (χ4n) is 2.42. The van der Waals surface area contributed by atoms with E-state index in [0.717, 1.165) is 25.6 Å². The van der Waals surface area contributed by atoms with Crippen molar-refractivity contribution < 1.29 is 4.79 Å². The summed E-state index contributed by atoms with van der Waals surface area (Å²) in [5, 5.41) is 6.31. The Bertz CT molecular complexity index is 247. The van der Waals surface area contributed by atoms with Crippen molar-refractivity contribution in [2.24, 2.45) is 11.8 Å². The van der Waals surface area contributed by atoms with Crippen LogP contribution in [0.15, 0.2) is 0 Å². The van der Waals surface area contributed by atoms with Crippen LogP contribution in [0.1, 0.15) is 33.6 Å².